The standard InChI is InChI=1S/C24H30F2N8O/c1-4-14(2)33-7-5-6-15(10-33)29-23-21(26)17-9-27-24(35)20(17)22(31-23)30-16-8-28-34(11-16)19-13-32(3)12-18(19)25/h4,8,11,15,18-19H,1-2,5-7,9-10,12-13H2,3H3,(H,27,35)(H2,29,30,31). The largest absolute Gasteiger partial charge is 0.370 e. The maximum atomic E-state index is 15.4. The molecule has 3 N–H and O–H groups in total. The summed E-state index contributed by atoms with van der Waals surface area (Å²) in [5.74, 6) is -0.594. The van der Waals surface area contributed by atoms with E-state index in [0.29, 0.717) is 25.3 Å². The molecule has 0 spiro atoms. The number of halogens is 2. The number of aromatic nitrogens is 3. The van der Waals surface area contributed by atoms with Crippen molar-refractivity contribution in [2.75, 3.05) is 43.9 Å². The topological polar surface area (TPSA) is 90.3 Å². The Bertz CT molecular complexity index is 1160. The van der Waals surface area contributed by atoms with E-state index >= 15 is 4.39 Å². The monoisotopic (exact) mass is 484 g/mol. The first kappa shape index (κ1) is 23.3. The van der Waals surface area contributed by atoms with Crippen molar-refractivity contribution in [1.29, 1.82) is 0 Å². The van der Waals surface area contributed by atoms with Gasteiger partial charge in [-0.3, -0.25) is 9.48 Å². The van der Waals surface area contributed by atoms with Crippen LogP contribution >= 0.6 is 0 Å². The lowest BCUT2D eigenvalue weighted by atomic mass is 10.0. The number of piperidine rings is 1. The number of amides is 1. The lowest BCUT2D eigenvalue weighted by molar-refractivity contribution is 0.0966. The van der Waals surface area contributed by atoms with Crippen LogP contribution < -0.4 is 16.0 Å². The number of carbonyl (C=O) groups is 1. The number of likely N-dealkylation sites (tertiary alicyclic amines) is 2. The van der Waals surface area contributed by atoms with Crippen LogP contribution in [0.25, 0.3) is 0 Å². The van der Waals surface area contributed by atoms with Gasteiger partial charge in [0.1, 0.15) is 12.0 Å². The van der Waals surface area contributed by atoms with Crippen molar-refractivity contribution in [2.24, 2.45) is 0 Å². The molecule has 5 rings (SSSR count). The molecule has 2 aromatic rings. The predicted octanol–water partition coefficient (Wildman–Crippen LogP) is 2.80. The summed E-state index contributed by atoms with van der Waals surface area (Å²) in [7, 11) is 1.87. The number of hydrogen-bond donors (Lipinski definition) is 3. The molecular formula is C24H30F2N8O. The fraction of sp³-hybridized carbons (Fsp3) is 0.458. The fourth-order valence-corrected chi connectivity index (χ4v) is 5.04. The molecule has 0 bridgehead atoms. The van der Waals surface area contributed by atoms with Gasteiger partial charge in [0, 0.05) is 56.2 Å². The third kappa shape index (κ3) is 4.47. The first-order valence-corrected chi connectivity index (χ1v) is 11.8. The molecule has 186 valence electrons. The third-order valence-corrected chi connectivity index (χ3v) is 6.90. The molecule has 1 amide bonds. The number of allylic oxidation sites excluding steroid dienone is 1. The Morgan fingerprint density at radius 3 is 2.89 bits per heavy atom. The highest BCUT2D eigenvalue weighted by Gasteiger charge is 2.34. The SMILES string of the molecule is C=CC(=C)N1CCCC(Nc2nc(Nc3cnn(C4CN(C)CC4F)c3)c3c(c2F)CNC3=O)C1. The van der Waals surface area contributed by atoms with E-state index in [2.05, 4.69) is 44.1 Å². The summed E-state index contributed by atoms with van der Waals surface area (Å²) < 4.78 is 31.3. The number of pyridine rings is 1. The van der Waals surface area contributed by atoms with Gasteiger partial charge in [-0.1, -0.05) is 13.2 Å². The molecule has 9 nitrogen and oxygen atoms in total. The van der Waals surface area contributed by atoms with Crippen LogP contribution in [0.5, 0.6) is 0 Å². The first-order chi connectivity index (χ1) is 16.8. The average molecular weight is 485 g/mol. The van der Waals surface area contributed by atoms with Crippen molar-refractivity contribution in [1.82, 2.24) is 29.9 Å². The number of likely N-dealkylation sites (N-methyl/N-ethyl adjacent to an activating group) is 1. The molecule has 3 aliphatic heterocycles. The van der Waals surface area contributed by atoms with Gasteiger partial charge in [0.05, 0.1) is 23.5 Å². The predicted molar refractivity (Wildman–Crippen MR) is 130 cm³/mol. The second-order valence-corrected chi connectivity index (χ2v) is 9.42. The number of alkyl halides is 1. The Morgan fingerprint density at radius 1 is 1.31 bits per heavy atom. The van der Waals surface area contributed by atoms with Gasteiger partial charge in [0.2, 0.25) is 0 Å². The number of anilines is 3. The number of hydrogen-bond acceptors (Lipinski definition) is 7. The van der Waals surface area contributed by atoms with Crippen LogP contribution in [0.1, 0.15) is 34.8 Å². The Balaban J connectivity index is 1.40. The van der Waals surface area contributed by atoms with E-state index in [9.17, 15) is 9.18 Å². The molecular weight excluding hydrogens is 454 g/mol. The van der Waals surface area contributed by atoms with Gasteiger partial charge in [0.25, 0.3) is 5.91 Å². The summed E-state index contributed by atoms with van der Waals surface area (Å²) >= 11 is 0. The summed E-state index contributed by atoms with van der Waals surface area (Å²) in [4.78, 5) is 21.0. The zero-order valence-corrected chi connectivity index (χ0v) is 19.7. The smallest absolute Gasteiger partial charge is 0.255 e. The van der Waals surface area contributed by atoms with Gasteiger partial charge in [0.15, 0.2) is 11.6 Å². The molecule has 0 aromatic carbocycles. The van der Waals surface area contributed by atoms with Gasteiger partial charge in [-0.25, -0.2) is 13.8 Å². The maximum absolute atomic E-state index is 15.4. The van der Waals surface area contributed by atoms with Gasteiger partial charge in [-0.2, -0.15) is 5.10 Å². The number of nitrogens with one attached hydrogen (secondary N) is 3. The average Bonchev–Trinajstić information content (AvgIpc) is 3.55. The lowest BCUT2D eigenvalue weighted by Crippen LogP contribution is -2.41. The highest BCUT2D eigenvalue weighted by atomic mass is 19.1. The van der Waals surface area contributed by atoms with Crippen molar-refractivity contribution in [3.05, 3.63) is 54.3 Å². The molecule has 35 heavy (non-hydrogen) atoms. The Kier molecular flexibility index (Phi) is 6.18. The quantitative estimate of drug-likeness (QED) is 0.521. The third-order valence-electron chi connectivity index (χ3n) is 6.90. The molecule has 3 atom stereocenters. The minimum Gasteiger partial charge on any atom is -0.370 e. The summed E-state index contributed by atoms with van der Waals surface area (Å²) in [6, 6.07) is -0.426. The highest BCUT2D eigenvalue weighted by molar-refractivity contribution is 6.03. The van der Waals surface area contributed by atoms with Crippen LogP contribution in [0.15, 0.2) is 37.3 Å². The van der Waals surface area contributed by atoms with Crippen LogP contribution in [-0.2, 0) is 6.54 Å². The number of rotatable bonds is 7. The van der Waals surface area contributed by atoms with Crippen LogP contribution in [-0.4, -0.2) is 75.9 Å². The van der Waals surface area contributed by atoms with E-state index in [1.165, 1.54) is 0 Å². The van der Waals surface area contributed by atoms with Crippen molar-refractivity contribution < 1.29 is 13.6 Å². The molecule has 2 fully saturated rings. The zero-order valence-electron chi connectivity index (χ0n) is 19.7. The molecule has 5 heterocycles. The summed E-state index contributed by atoms with van der Waals surface area (Å²) in [6.07, 6.45) is 5.72. The van der Waals surface area contributed by atoms with Gasteiger partial charge in [-0.15, -0.1) is 0 Å². The van der Waals surface area contributed by atoms with E-state index in [1.807, 2.05) is 11.9 Å². The molecule has 2 aromatic heterocycles. The van der Waals surface area contributed by atoms with Crippen LogP contribution in [0.4, 0.5) is 26.1 Å². The Hall–Kier alpha value is -3.47. The van der Waals surface area contributed by atoms with E-state index in [1.54, 1.807) is 23.2 Å². The lowest BCUT2D eigenvalue weighted by Gasteiger charge is -2.35. The van der Waals surface area contributed by atoms with E-state index in [4.69, 9.17) is 0 Å². The van der Waals surface area contributed by atoms with Crippen molar-refractivity contribution >= 4 is 23.2 Å². The van der Waals surface area contributed by atoms with E-state index < -0.39 is 12.0 Å². The minimum atomic E-state index is -1.02. The highest BCUT2D eigenvalue weighted by Crippen LogP contribution is 2.33. The van der Waals surface area contributed by atoms with E-state index in [-0.39, 0.29) is 47.3 Å². The maximum Gasteiger partial charge on any atom is 0.255 e. The van der Waals surface area contributed by atoms with Crippen molar-refractivity contribution in [3.8, 4) is 0 Å². The van der Waals surface area contributed by atoms with Crippen LogP contribution in [0.2, 0.25) is 0 Å². The Labute approximate surface area is 202 Å². The molecule has 0 radical (unpaired) electrons. The second kappa shape index (κ2) is 9.29. The van der Waals surface area contributed by atoms with Crippen LogP contribution in [0, 0.1) is 5.82 Å². The summed E-state index contributed by atoms with van der Waals surface area (Å²) in [5.41, 5.74) is 1.82. The Morgan fingerprint density at radius 2 is 2.14 bits per heavy atom. The minimum absolute atomic E-state index is 0.0398. The number of nitrogens with zero attached hydrogens (tertiary/aromatic N) is 5. The molecule has 2 saturated heterocycles. The first-order valence-electron chi connectivity index (χ1n) is 11.8. The number of fused-ring (bicyclic) bond motifs is 1. The normalized spacial score (nSPS) is 24.3. The fourth-order valence-electron chi connectivity index (χ4n) is 5.04. The molecule has 11 heteroatoms. The van der Waals surface area contributed by atoms with Gasteiger partial charge < -0.3 is 25.8 Å². The zero-order chi connectivity index (χ0) is 24.7. The van der Waals surface area contributed by atoms with Gasteiger partial charge >= 0.3 is 0 Å². The van der Waals surface area contributed by atoms with Crippen LogP contribution in [0.3, 0.4) is 0 Å². The van der Waals surface area contributed by atoms with Crippen molar-refractivity contribution in [3.63, 3.8) is 0 Å². The molecule has 0 aliphatic carbocycles. The second-order valence-electron chi connectivity index (χ2n) is 9.42. The molecule has 3 aliphatic rings. The van der Waals surface area contributed by atoms with E-state index in [0.717, 1.165) is 25.1 Å². The van der Waals surface area contributed by atoms with Gasteiger partial charge in [-0.05, 0) is 26.0 Å². The van der Waals surface area contributed by atoms with Crippen molar-refractivity contribution in [2.45, 2.75) is 37.6 Å². The number of carbonyl (C=O) groups excluding carboxylic acids is 1. The summed E-state index contributed by atoms with van der Waals surface area (Å²) in [6.45, 7) is 10.3. The summed E-state index contributed by atoms with van der Waals surface area (Å²) in [5, 5.41) is 13.3. The molecule has 0 saturated carbocycles. The molecule has 3 unspecified atom stereocenters.